The van der Waals surface area contributed by atoms with E-state index < -0.39 is 42.3 Å². The van der Waals surface area contributed by atoms with E-state index in [4.69, 9.17) is 16.3 Å². The van der Waals surface area contributed by atoms with Crippen molar-refractivity contribution in [1.82, 2.24) is 29.7 Å². The smallest absolute Gasteiger partial charge is 0.387 e. The first-order valence-electron chi connectivity index (χ1n) is 15.0. The number of carbonyl (C=O) groups is 1. The summed E-state index contributed by atoms with van der Waals surface area (Å²) in [5.74, 6) is 0.487. The number of hydrogen-bond acceptors (Lipinski definition) is 9. The molecule has 47 heavy (non-hydrogen) atoms. The predicted octanol–water partition coefficient (Wildman–Crippen LogP) is 4.65. The molecule has 2 aromatic carbocycles. The van der Waals surface area contributed by atoms with Crippen LogP contribution in [0.4, 0.5) is 29.5 Å². The standard InChI is InChI=1S/C31H36ClF3N8O4/c1-18(2)42(11-5-10-36-30(46)41-22-9-4-7-20(13-22)31(33,34)35)15-23-25(44)26(45)29(47-23)43-17-40-24-27(38-16-39-28(24)43)37-14-19-6-3-8-21(32)12-19/h3-4,6-9,12-13,16-18,23,25-26,29,44-45H,5,10-11,14-15H2,1-2H3,(H2,36,41,46)(H,37,38,39)/t23-,25-,26-,29-/m1/s1. The Balaban J connectivity index is 1.15. The van der Waals surface area contributed by atoms with Gasteiger partial charge < -0.3 is 30.9 Å². The number of rotatable bonds is 12. The maximum Gasteiger partial charge on any atom is 0.416 e. The van der Waals surface area contributed by atoms with Crippen LogP contribution < -0.4 is 16.0 Å². The molecule has 16 heteroatoms. The zero-order chi connectivity index (χ0) is 33.7. The van der Waals surface area contributed by atoms with Crippen LogP contribution >= 0.6 is 11.6 Å². The van der Waals surface area contributed by atoms with Crippen LogP contribution in [0.3, 0.4) is 0 Å². The normalized spacial score (nSPS) is 19.9. The monoisotopic (exact) mass is 676 g/mol. The van der Waals surface area contributed by atoms with E-state index in [1.54, 1.807) is 10.6 Å². The number of imidazole rings is 1. The molecule has 4 aromatic rings. The number of nitrogens with zero attached hydrogens (tertiary/aromatic N) is 5. The molecular weight excluding hydrogens is 641 g/mol. The van der Waals surface area contributed by atoms with E-state index >= 15 is 0 Å². The number of alkyl halides is 3. The van der Waals surface area contributed by atoms with Crippen molar-refractivity contribution in [1.29, 1.82) is 0 Å². The number of hydrogen-bond donors (Lipinski definition) is 5. The van der Waals surface area contributed by atoms with Crippen LogP contribution in [-0.2, 0) is 17.5 Å². The molecular formula is C31H36ClF3N8O4. The molecule has 0 saturated carbocycles. The van der Waals surface area contributed by atoms with Crippen LogP contribution in [0.25, 0.3) is 11.2 Å². The van der Waals surface area contributed by atoms with Gasteiger partial charge in [-0.25, -0.2) is 19.7 Å². The summed E-state index contributed by atoms with van der Waals surface area (Å²) in [5.41, 5.74) is 1.02. The van der Waals surface area contributed by atoms with Crippen molar-refractivity contribution in [3.8, 4) is 0 Å². The number of halogens is 4. The maximum absolute atomic E-state index is 13.0. The van der Waals surface area contributed by atoms with Crippen molar-refractivity contribution >= 4 is 40.3 Å². The molecule has 5 rings (SSSR count). The highest BCUT2D eigenvalue weighted by atomic mass is 35.5. The fourth-order valence-corrected chi connectivity index (χ4v) is 5.55. The van der Waals surface area contributed by atoms with Crippen molar-refractivity contribution in [3.05, 3.63) is 77.3 Å². The van der Waals surface area contributed by atoms with Gasteiger partial charge in [-0.3, -0.25) is 9.47 Å². The molecule has 0 unspecified atom stereocenters. The van der Waals surface area contributed by atoms with Gasteiger partial charge in [0.15, 0.2) is 23.2 Å². The van der Waals surface area contributed by atoms with E-state index in [-0.39, 0.29) is 24.8 Å². The number of aliphatic hydroxyl groups is 2. The van der Waals surface area contributed by atoms with Crippen molar-refractivity contribution in [3.63, 3.8) is 0 Å². The molecule has 252 valence electrons. The van der Waals surface area contributed by atoms with Gasteiger partial charge in [0.2, 0.25) is 0 Å². The lowest BCUT2D eigenvalue weighted by atomic mass is 10.1. The molecule has 1 fully saturated rings. The quantitative estimate of drug-likeness (QED) is 0.135. The molecule has 5 N–H and O–H groups in total. The van der Waals surface area contributed by atoms with Crippen molar-refractivity contribution < 1.29 is 32.9 Å². The lowest BCUT2D eigenvalue weighted by Gasteiger charge is -2.30. The van der Waals surface area contributed by atoms with Gasteiger partial charge in [0.05, 0.1) is 11.9 Å². The molecule has 1 aliphatic rings. The number of aromatic nitrogens is 4. The summed E-state index contributed by atoms with van der Waals surface area (Å²) in [7, 11) is 0. The van der Waals surface area contributed by atoms with E-state index in [1.165, 1.54) is 24.8 Å². The Kier molecular flexibility index (Phi) is 10.8. The molecule has 0 spiro atoms. The van der Waals surface area contributed by atoms with Gasteiger partial charge in [-0.1, -0.05) is 29.8 Å². The molecule has 3 heterocycles. The molecule has 0 bridgehead atoms. The Bertz CT molecular complexity index is 1670. The van der Waals surface area contributed by atoms with E-state index in [0.717, 1.165) is 17.7 Å². The summed E-state index contributed by atoms with van der Waals surface area (Å²) in [6, 6.07) is 11.2. The topological polar surface area (TPSA) is 150 Å². The Morgan fingerprint density at radius 2 is 1.89 bits per heavy atom. The summed E-state index contributed by atoms with van der Waals surface area (Å²) in [4.78, 5) is 27.4. The lowest BCUT2D eigenvalue weighted by molar-refractivity contribution is -0.137. The lowest BCUT2D eigenvalue weighted by Crippen LogP contribution is -2.44. The van der Waals surface area contributed by atoms with Gasteiger partial charge in [0, 0.05) is 42.9 Å². The van der Waals surface area contributed by atoms with E-state index in [0.29, 0.717) is 41.5 Å². The summed E-state index contributed by atoms with van der Waals surface area (Å²) in [5, 5.41) is 30.9. The van der Waals surface area contributed by atoms with Crippen LogP contribution in [0, 0.1) is 0 Å². The maximum atomic E-state index is 13.0. The van der Waals surface area contributed by atoms with Crippen LogP contribution in [0.5, 0.6) is 0 Å². The molecule has 0 radical (unpaired) electrons. The summed E-state index contributed by atoms with van der Waals surface area (Å²) in [6.07, 6.45) is -5.28. The minimum Gasteiger partial charge on any atom is -0.387 e. The molecule has 12 nitrogen and oxygen atoms in total. The average Bonchev–Trinajstić information content (AvgIpc) is 3.57. The SMILES string of the molecule is CC(C)N(CCCNC(=O)Nc1cccc(C(F)(F)F)c1)C[C@H]1O[C@@H](n2cnc3c(NCc4cccc(Cl)c4)ncnc32)[C@H](O)[C@@H]1O. The highest BCUT2D eigenvalue weighted by Crippen LogP contribution is 2.33. The molecule has 1 saturated heterocycles. The number of urea groups is 1. The van der Waals surface area contributed by atoms with Crippen molar-refractivity contribution in [2.24, 2.45) is 0 Å². The minimum absolute atomic E-state index is 0.0313. The second kappa shape index (κ2) is 14.8. The van der Waals surface area contributed by atoms with Gasteiger partial charge in [-0.15, -0.1) is 0 Å². The summed E-state index contributed by atoms with van der Waals surface area (Å²) < 4.78 is 46.6. The third-order valence-electron chi connectivity index (χ3n) is 7.82. The Hall–Kier alpha value is -4.02. The zero-order valence-electron chi connectivity index (χ0n) is 25.7. The number of nitrogens with one attached hydrogen (secondary N) is 3. The highest BCUT2D eigenvalue weighted by Gasteiger charge is 2.45. The minimum atomic E-state index is -4.51. The van der Waals surface area contributed by atoms with E-state index in [9.17, 15) is 28.2 Å². The van der Waals surface area contributed by atoms with Crippen molar-refractivity contribution in [2.45, 2.75) is 63.6 Å². The van der Waals surface area contributed by atoms with Crippen molar-refractivity contribution in [2.75, 3.05) is 30.3 Å². The Labute approximate surface area is 273 Å². The van der Waals surface area contributed by atoms with Gasteiger partial charge in [-0.05, 0) is 56.2 Å². The van der Waals surface area contributed by atoms with E-state index in [2.05, 4.69) is 30.9 Å². The van der Waals surface area contributed by atoms with Gasteiger partial charge in [0.1, 0.15) is 24.6 Å². The molecule has 2 amide bonds. The fraction of sp³-hybridized carbons (Fsp3) is 0.419. The van der Waals surface area contributed by atoms with Gasteiger partial charge >= 0.3 is 12.2 Å². The second-order valence-electron chi connectivity index (χ2n) is 11.5. The number of fused-ring (bicyclic) bond motifs is 1. The number of benzene rings is 2. The predicted molar refractivity (Wildman–Crippen MR) is 170 cm³/mol. The second-order valence-corrected chi connectivity index (χ2v) is 11.9. The highest BCUT2D eigenvalue weighted by molar-refractivity contribution is 6.30. The van der Waals surface area contributed by atoms with E-state index in [1.807, 2.05) is 36.9 Å². The number of ether oxygens (including phenoxy) is 1. The van der Waals surface area contributed by atoms with Crippen LogP contribution in [0.2, 0.25) is 5.02 Å². The summed E-state index contributed by atoms with van der Waals surface area (Å²) >= 11 is 6.09. The van der Waals surface area contributed by atoms with Gasteiger partial charge in [0.25, 0.3) is 0 Å². The first-order valence-corrected chi connectivity index (χ1v) is 15.4. The third-order valence-corrected chi connectivity index (χ3v) is 8.05. The summed E-state index contributed by atoms with van der Waals surface area (Å²) in [6.45, 7) is 5.45. The number of amides is 2. The number of aliphatic hydroxyl groups excluding tert-OH is 2. The average molecular weight is 677 g/mol. The van der Waals surface area contributed by atoms with Crippen LogP contribution in [-0.4, -0.2) is 84.7 Å². The molecule has 4 atom stereocenters. The Morgan fingerprint density at radius 1 is 1.11 bits per heavy atom. The third kappa shape index (κ3) is 8.48. The number of carbonyl (C=O) groups excluding carboxylic acids is 1. The largest absolute Gasteiger partial charge is 0.416 e. The zero-order valence-corrected chi connectivity index (χ0v) is 26.4. The van der Waals surface area contributed by atoms with Gasteiger partial charge in [-0.2, -0.15) is 13.2 Å². The first kappa shape index (κ1) is 34.3. The molecule has 1 aliphatic heterocycles. The first-order chi connectivity index (χ1) is 22.4. The fourth-order valence-electron chi connectivity index (χ4n) is 5.33. The number of anilines is 2. The molecule has 0 aliphatic carbocycles. The molecule has 2 aromatic heterocycles. The van der Waals surface area contributed by atoms with Crippen LogP contribution in [0.15, 0.2) is 61.2 Å². The van der Waals surface area contributed by atoms with Crippen LogP contribution in [0.1, 0.15) is 37.6 Å². The Morgan fingerprint density at radius 3 is 2.64 bits per heavy atom.